The number of likely N-dealkylation sites (tertiary alicyclic amines) is 1. The lowest BCUT2D eigenvalue weighted by Gasteiger charge is -2.15. The molecule has 1 aliphatic heterocycles. The molecule has 1 unspecified atom stereocenters. The topological polar surface area (TPSA) is 15.3 Å². The Labute approximate surface area is 109 Å². The van der Waals surface area contributed by atoms with E-state index >= 15 is 0 Å². The van der Waals surface area contributed by atoms with Crippen molar-refractivity contribution >= 4 is 11.3 Å². The number of hydrogen-bond donors (Lipinski definition) is 1. The molecule has 0 bridgehead atoms. The van der Waals surface area contributed by atoms with Gasteiger partial charge in [-0.25, -0.2) is 0 Å². The Morgan fingerprint density at radius 1 is 1.35 bits per heavy atom. The second-order valence-electron chi connectivity index (χ2n) is 4.90. The Kier molecular flexibility index (Phi) is 5.01. The molecule has 2 rings (SSSR count). The van der Waals surface area contributed by atoms with Crippen LogP contribution >= 0.6 is 11.3 Å². The summed E-state index contributed by atoms with van der Waals surface area (Å²) in [5, 5.41) is 3.63. The smallest absolute Gasteiger partial charge is 0.0328 e. The fourth-order valence-corrected chi connectivity index (χ4v) is 3.41. The van der Waals surface area contributed by atoms with E-state index in [1.54, 1.807) is 0 Å². The number of nitrogens with zero attached hydrogens (tertiary/aromatic N) is 1. The number of aryl methyl sites for hydroxylation is 1. The van der Waals surface area contributed by atoms with E-state index in [1.807, 2.05) is 11.3 Å². The lowest BCUT2D eigenvalue weighted by Crippen LogP contribution is -2.32. The Balaban J connectivity index is 1.77. The Bertz CT molecular complexity index is 335. The fraction of sp³-hybridized carbons (Fsp3) is 0.714. The standard InChI is InChI=1S/C14H24N2S/c1-3-8-15-12-7-9-16(10-12)11-14-6-5-13(4-2)17-14/h5-6,12,15H,3-4,7-11H2,1-2H3. The molecule has 1 aliphatic rings. The van der Waals surface area contributed by atoms with E-state index in [-0.39, 0.29) is 0 Å². The largest absolute Gasteiger partial charge is 0.313 e. The zero-order chi connectivity index (χ0) is 12.1. The van der Waals surface area contributed by atoms with Gasteiger partial charge >= 0.3 is 0 Å². The van der Waals surface area contributed by atoms with Gasteiger partial charge in [0, 0.05) is 35.4 Å². The molecule has 96 valence electrons. The summed E-state index contributed by atoms with van der Waals surface area (Å²) in [4.78, 5) is 5.62. The van der Waals surface area contributed by atoms with Crippen molar-refractivity contribution in [1.29, 1.82) is 0 Å². The van der Waals surface area contributed by atoms with Gasteiger partial charge in [0.2, 0.25) is 0 Å². The zero-order valence-electron chi connectivity index (χ0n) is 11.0. The molecule has 0 saturated carbocycles. The van der Waals surface area contributed by atoms with Gasteiger partial charge in [0.25, 0.3) is 0 Å². The maximum atomic E-state index is 3.63. The van der Waals surface area contributed by atoms with Gasteiger partial charge in [0.05, 0.1) is 0 Å². The summed E-state index contributed by atoms with van der Waals surface area (Å²) in [7, 11) is 0. The molecule has 0 radical (unpaired) electrons. The van der Waals surface area contributed by atoms with Crippen LogP contribution in [0.1, 0.15) is 36.4 Å². The SMILES string of the molecule is CCCNC1CCN(Cc2ccc(CC)s2)C1. The first-order valence-corrected chi connectivity index (χ1v) is 7.66. The summed E-state index contributed by atoms with van der Waals surface area (Å²) in [5.74, 6) is 0. The molecule has 0 aliphatic carbocycles. The van der Waals surface area contributed by atoms with Crippen molar-refractivity contribution in [2.24, 2.45) is 0 Å². The molecular formula is C14H24N2S. The van der Waals surface area contributed by atoms with E-state index in [0.717, 1.165) is 19.1 Å². The van der Waals surface area contributed by atoms with Crippen molar-refractivity contribution in [2.45, 2.75) is 45.7 Å². The Hall–Kier alpha value is -0.380. The first-order chi connectivity index (χ1) is 8.31. The monoisotopic (exact) mass is 252 g/mol. The van der Waals surface area contributed by atoms with Crippen molar-refractivity contribution in [3.8, 4) is 0 Å². The van der Waals surface area contributed by atoms with Crippen LogP contribution in [0.25, 0.3) is 0 Å². The van der Waals surface area contributed by atoms with Gasteiger partial charge in [-0.15, -0.1) is 11.3 Å². The lowest BCUT2D eigenvalue weighted by molar-refractivity contribution is 0.323. The van der Waals surface area contributed by atoms with Crippen LogP contribution in [0.5, 0.6) is 0 Å². The quantitative estimate of drug-likeness (QED) is 0.837. The second kappa shape index (κ2) is 6.53. The third kappa shape index (κ3) is 3.80. The number of nitrogens with one attached hydrogen (secondary N) is 1. The highest BCUT2D eigenvalue weighted by Gasteiger charge is 2.21. The maximum Gasteiger partial charge on any atom is 0.0328 e. The summed E-state index contributed by atoms with van der Waals surface area (Å²) in [6.07, 6.45) is 3.72. The van der Waals surface area contributed by atoms with Crippen molar-refractivity contribution in [2.75, 3.05) is 19.6 Å². The van der Waals surface area contributed by atoms with E-state index < -0.39 is 0 Å². The van der Waals surface area contributed by atoms with Gasteiger partial charge in [0.15, 0.2) is 0 Å². The molecule has 1 aromatic heterocycles. The highest BCUT2D eigenvalue weighted by atomic mass is 32.1. The van der Waals surface area contributed by atoms with Gasteiger partial charge in [-0.1, -0.05) is 13.8 Å². The molecule has 2 nitrogen and oxygen atoms in total. The summed E-state index contributed by atoms with van der Waals surface area (Å²) in [5.41, 5.74) is 0. The van der Waals surface area contributed by atoms with Crippen LogP contribution < -0.4 is 5.32 Å². The zero-order valence-corrected chi connectivity index (χ0v) is 11.9. The number of thiophene rings is 1. The number of rotatable bonds is 6. The van der Waals surface area contributed by atoms with Gasteiger partial charge in [0.1, 0.15) is 0 Å². The highest BCUT2D eigenvalue weighted by Crippen LogP contribution is 2.21. The van der Waals surface area contributed by atoms with Crippen molar-refractivity contribution < 1.29 is 0 Å². The van der Waals surface area contributed by atoms with Crippen LogP contribution in [-0.4, -0.2) is 30.6 Å². The molecule has 1 fully saturated rings. The molecular weight excluding hydrogens is 228 g/mol. The molecule has 3 heteroatoms. The van der Waals surface area contributed by atoms with Crippen LogP contribution in [0.2, 0.25) is 0 Å². The molecule has 17 heavy (non-hydrogen) atoms. The average molecular weight is 252 g/mol. The molecule has 2 heterocycles. The predicted octanol–water partition coefficient (Wildman–Crippen LogP) is 2.88. The molecule has 1 N–H and O–H groups in total. The van der Waals surface area contributed by atoms with Crippen molar-refractivity contribution in [1.82, 2.24) is 10.2 Å². The normalized spacial score (nSPS) is 21.2. The summed E-state index contributed by atoms with van der Waals surface area (Å²) in [6.45, 7) is 9.25. The first kappa shape index (κ1) is 13.1. The van der Waals surface area contributed by atoms with E-state index in [2.05, 4.69) is 36.2 Å². The summed E-state index contributed by atoms with van der Waals surface area (Å²) >= 11 is 1.98. The maximum absolute atomic E-state index is 3.63. The Morgan fingerprint density at radius 3 is 2.88 bits per heavy atom. The molecule has 0 spiro atoms. The van der Waals surface area contributed by atoms with Gasteiger partial charge in [-0.05, 0) is 37.9 Å². The predicted molar refractivity (Wildman–Crippen MR) is 75.7 cm³/mol. The van der Waals surface area contributed by atoms with Gasteiger partial charge in [-0.3, -0.25) is 4.90 Å². The minimum absolute atomic E-state index is 0.723. The first-order valence-electron chi connectivity index (χ1n) is 6.85. The molecule has 0 aromatic carbocycles. The third-order valence-corrected chi connectivity index (χ3v) is 4.61. The van der Waals surface area contributed by atoms with Crippen molar-refractivity contribution in [3.05, 3.63) is 21.9 Å². The second-order valence-corrected chi connectivity index (χ2v) is 6.15. The molecule has 1 aromatic rings. The summed E-state index contributed by atoms with van der Waals surface area (Å²) in [6, 6.07) is 5.31. The van der Waals surface area contributed by atoms with Gasteiger partial charge in [-0.2, -0.15) is 0 Å². The van der Waals surface area contributed by atoms with E-state index in [4.69, 9.17) is 0 Å². The van der Waals surface area contributed by atoms with Crippen molar-refractivity contribution in [3.63, 3.8) is 0 Å². The molecule has 1 saturated heterocycles. The molecule has 0 amide bonds. The van der Waals surface area contributed by atoms with E-state index in [0.29, 0.717) is 0 Å². The van der Waals surface area contributed by atoms with Gasteiger partial charge < -0.3 is 5.32 Å². The Morgan fingerprint density at radius 2 is 2.18 bits per heavy atom. The average Bonchev–Trinajstić information content (AvgIpc) is 2.96. The fourth-order valence-electron chi connectivity index (χ4n) is 2.41. The summed E-state index contributed by atoms with van der Waals surface area (Å²) < 4.78 is 0. The lowest BCUT2D eigenvalue weighted by atomic mass is 10.2. The van der Waals surface area contributed by atoms with Crippen LogP contribution in [0.4, 0.5) is 0 Å². The van der Waals surface area contributed by atoms with Crippen LogP contribution in [0, 0.1) is 0 Å². The minimum atomic E-state index is 0.723. The minimum Gasteiger partial charge on any atom is -0.313 e. The van der Waals surface area contributed by atoms with E-state index in [1.165, 1.54) is 42.1 Å². The van der Waals surface area contributed by atoms with Crippen LogP contribution in [0.3, 0.4) is 0 Å². The highest BCUT2D eigenvalue weighted by molar-refractivity contribution is 7.11. The third-order valence-electron chi connectivity index (χ3n) is 3.40. The van der Waals surface area contributed by atoms with Crippen LogP contribution in [-0.2, 0) is 13.0 Å². The molecule has 1 atom stereocenters. The van der Waals surface area contributed by atoms with Crippen LogP contribution in [0.15, 0.2) is 12.1 Å². The van der Waals surface area contributed by atoms with E-state index in [9.17, 15) is 0 Å². The number of hydrogen-bond acceptors (Lipinski definition) is 3.